The lowest BCUT2D eigenvalue weighted by Gasteiger charge is -2.19. The molecule has 0 spiro atoms. The van der Waals surface area contributed by atoms with Crippen molar-refractivity contribution in [1.29, 1.82) is 0 Å². The summed E-state index contributed by atoms with van der Waals surface area (Å²) < 4.78 is 6.38. The van der Waals surface area contributed by atoms with Gasteiger partial charge in [0.15, 0.2) is 0 Å². The van der Waals surface area contributed by atoms with Crippen LogP contribution >= 0.6 is 27.5 Å². The lowest BCUT2D eigenvalue weighted by Crippen LogP contribution is -2.19. The van der Waals surface area contributed by atoms with Crippen LogP contribution in [0, 0.1) is 5.41 Å². The van der Waals surface area contributed by atoms with Crippen molar-refractivity contribution in [3.8, 4) is 11.5 Å². The van der Waals surface area contributed by atoms with Gasteiger partial charge in [-0.25, -0.2) is 0 Å². The summed E-state index contributed by atoms with van der Waals surface area (Å²) in [5.74, 6) is -0.0575. The van der Waals surface area contributed by atoms with Gasteiger partial charge in [0, 0.05) is 15.9 Å². The molecule has 21 heavy (non-hydrogen) atoms. The molecule has 0 bridgehead atoms. The molecule has 0 aliphatic heterocycles. The monoisotopic (exact) mass is 372 g/mol. The highest BCUT2D eigenvalue weighted by molar-refractivity contribution is 9.10. The van der Waals surface area contributed by atoms with Gasteiger partial charge in [-0.2, -0.15) is 0 Å². The molecule has 0 atom stereocenters. The van der Waals surface area contributed by atoms with Crippen molar-refractivity contribution in [2.75, 3.05) is 0 Å². The van der Waals surface area contributed by atoms with Crippen molar-refractivity contribution in [3.05, 3.63) is 33.6 Å². The van der Waals surface area contributed by atoms with Crippen LogP contribution in [0.2, 0.25) is 5.02 Å². The number of benzene rings is 1. The molecule has 2 rings (SSSR count). The molecule has 1 N–H and O–H groups in total. The summed E-state index contributed by atoms with van der Waals surface area (Å²) in [5.41, 5.74) is 0.293. The first kappa shape index (κ1) is 16.0. The van der Waals surface area contributed by atoms with E-state index >= 15 is 0 Å². The second kappa shape index (κ2) is 6.15. The quantitative estimate of drug-likeness (QED) is 0.850. The van der Waals surface area contributed by atoms with Gasteiger partial charge >= 0.3 is 5.97 Å². The van der Waals surface area contributed by atoms with Gasteiger partial charge in [0.2, 0.25) is 11.8 Å². The number of aliphatic carboxylic acids is 1. The van der Waals surface area contributed by atoms with E-state index in [9.17, 15) is 4.79 Å². The second-order valence-corrected chi connectivity index (χ2v) is 6.83. The van der Waals surface area contributed by atoms with Crippen molar-refractivity contribution >= 4 is 33.5 Å². The van der Waals surface area contributed by atoms with Crippen LogP contribution in [0.15, 0.2) is 27.1 Å². The van der Waals surface area contributed by atoms with Gasteiger partial charge < -0.3 is 9.52 Å². The Morgan fingerprint density at radius 3 is 2.76 bits per heavy atom. The summed E-state index contributed by atoms with van der Waals surface area (Å²) in [6.07, 6.45) is 0.437. The van der Waals surface area contributed by atoms with Gasteiger partial charge in [-0.1, -0.05) is 25.4 Å². The summed E-state index contributed by atoms with van der Waals surface area (Å²) >= 11 is 9.29. The Morgan fingerprint density at radius 2 is 2.14 bits per heavy atom. The lowest BCUT2D eigenvalue weighted by molar-refractivity contribution is -0.139. The van der Waals surface area contributed by atoms with Crippen LogP contribution in [0.4, 0.5) is 0 Å². The van der Waals surface area contributed by atoms with Gasteiger partial charge in [-0.15, -0.1) is 10.2 Å². The number of carbonyl (C=O) groups is 1. The molecule has 0 fully saturated rings. The van der Waals surface area contributed by atoms with Gasteiger partial charge in [0.1, 0.15) is 0 Å². The fourth-order valence-electron chi connectivity index (χ4n) is 1.98. The SMILES string of the molecule is CC(C)(CC(=O)O)Cc1nnc(-c2ccc(Cl)cc2Br)o1. The minimum absolute atomic E-state index is 0.0371. The zero-order valence-corrected chi connectivity index (χ0v) is 13.9. The molecular formula is C14H14BrClN2O3. The molecule has 1 aromatic carbocycles. The van der Waals surface area contributed by atoms with Gasteiger partial charge in [0.05, 0.1) is 12.0 Å². The number of aromatic nitrogens is 2. The normalized spacial score (nSPS) is 11.6. The predicted octanol–water partition coefficient (Wildman–Crippen LogP) is 4.20. The van der Waals surface area contributed by atoms with Crippen LogP contribution in [0.25, 0.3) is 11.5 Å². The molecule has 0 saturated heterocycles. The van der Waals surface area contributed by atoms with E-state index in [4.69, 9.17) is 21.1 Å². The van der Waals surface area contributed by atoms with Crippen molar-refractivity contribution in [2.45, 2.75) is 26.7 Å². The third kappa shape index (κ3) is 4.28. The fraction of sp³-hybridized carbons (Fsp3) is 0.357. The topological polar surface area (TPSA) is 76.2 Å². The molecule has 1 heterocycles. The van der Waals surface area contributed by atoms with Crippen LogP contribution in [-0.4, -0.2) is 21.3 Å². The molecule has 1 aromatic heterocycles. The minimum atomic E-state index is -0.847. The first-order chi connectivity index (χ1) is 9.77. The Labute approximate surface area is 135 Å². The zero-order valence-electron chi connectivity index (χ0n) is 11.6. The smallest absolute Gasteiger partial charge is 0.303 e. The Balaban J connectivity index is 2.20. The number of carboxylic acids is 1. The third-order valence-corrected chi connectivity index (χ3v) is 3.78. The summed E-state index contributed by atoms with van der Waals surface area (Å²) in [4.78, 5) is 10.8. The molecule has 0 aliphatic carbocycles. The Kier molecular flexibility index (Phi) is 4.68. The number of hydrogen-bond donors (Lipinski definition) is 1. The Bertz CT molecular complexity index is 670. The van der Waals surface area contributed by atoms with E-state index in [0.717, 1.165) is 10.0 Å². The van der Waals surface area contributed by atoms with Crippen molar-refractivity contribution in [1.82, 2.24) is 10.2 Å². The van der Waals surface area contributed by atoms with Crippen molar-refractivity contribution < 1.29 is 14.3 Å². The lowest BCUT2D eigenvalue weighted by atomic mass is 9.86. The number of rotatable bonds is 5. The highest BCUT2D eigenvalue weighted by Gasteiger charge is 2.25. The maximum Gasteiger partial charge on any atom is 0.303 e. The average molecular weight is 374 g/mol. The molecule has 0 aliphatic rings. The van der Waals surface area contributed by atoms with Gasteiger partial charge in [-0.3, -0.25) is 4.79 Å². The first-order valence-corrected chi connectivity index (χ1v) is 7.43. The molecule has 0 unspecified atom stereocenters. The maximum absolute atomic E-state index is 10.8. The van der Waals surface area contributed by atoms with Gasteiger partial charge in [-0.05, 0) is 39.5 Å². The standard InChI is InChI=1S/C14H14BrClN2O3/c1-14(2,7-12(19)20)6-11-17-18-13(21-11)9-4-3-8(16)5-10(9)15/h3-5H,6-7H2,1-2H3,(H,19,20). The summed E-state index contributed by atoms with van der Waals surface area (Å²) in [5, 5.41) is 17.5. The molecule has 2 aromatic rings. The molecule has 7 heteroatoms. The summed E-state index contributed by atoms with van der Waals surface area (Å²) in [7, 11) is 0. The summed E-state index contributed by atoms with van der Waals surface area (Å²) in [6.45, 7) is 3.70. The van der Waals surface area contributed by atoms with Crippen molar-refractivity contribution in [2.24, 2.45) is 5.41 Å². The first-order valence-electron chi connectivity index (χ1n) is 6.26. The molecule has 112 valence electrons. The second-order valence-electron chi connectivity index (χ2n) is 5.54. The van der Waals surface area contributed by atoms with Crippen LogP contribution in [-0.2, 0) is 11.2 Å². The fourth-order valence-corrected chi connectivity index (χ4v) is 2.83. The van der Waals surface area contributed by atoms with Gasteiger partial charge in [0.25, 0.3) is 0 Å². The predicted molar refractivity (Wildman–Crippen MR) is 82.2 cm³/mol. The number of carboxylic acid groups (broad SMARTS) is 1. The zero-order chi connectivity index (χ0) is 15.6. The van der Waals surface area contributed by atoms with E-state index in [1.54, 1.807) is 18.2 Å². The third-order valence-electron chi connectivity index (χ3n) is 2.89. The van der Waals surface area contributed by atoms with E-state index < -0.39 is 11.4 Å². The molecule has 0 saturated carbocycles. The van der Waals surface area contributed by atoms with Crippen LogP contribution in [0.1, 0.15) is 26.2 Å². The Hall–Kier alpha value is -1.40. The maximum atomic E-state index is 10.8. The van der Waals surface area contributed by atoms with Crippen LogP contribution < -0.4 is 0 Å². The van der Waals surface area contributed by atoms with Crippen LogP contribution in [0.5, 0.6) is 0 Å². The average Bonchev–Trinajstić information content (AvgIpc) is 2.74. The largest absolute Gasteiger partial charge is 0.481 e. The summed E-state index contributed by atoms with van der Waals surface area (Å²) in [6, 6.07) is 5.26. The van der Waals surface area contributed by atoms with Crippen LogP contribution in [0.3, 0.4) is 0 Å². The Morgan fingerprint density at radius 1 is 1.43 bits per heavy atom. The number of nitrogens with zero attached hydrogens (tertiary/aromatic N) is 2. The molecule has 0 amide bonds. The number of hydrogen-bond acceptors (Lipinski definition) is 4. The number of halogens is 2. The van der Waals surface area contributed by atoms with E-state index in [2.05, 4.69) is 26.1 Å². The van der Waals surface area contributed by atoms with E-state index in [-0.39, 0.29) is 6.42 Å². The highest BCUT2D eigenvalue weighted by Crippen LogP contribution is 2.31. The van der Waals surface area contributed by atoms with E-state index in [1.807, 2.05) is 13.8 Å². The van der Waals surface area contributed by atoms with E-state index in [1.165, 1.54) is 0 Å². The molecule has 0 radical (unpaired) electrons. The van der Waals surface area contributed by atoms with Crippen molar-refractivity contribution in [3.63, 3.8) is 0 Å². The van der Waals surface area contributed by atoms with E-state index in [0.29, 0.717) is 23.2 Å². The highest BCUT2D eigenvalue weighted by atomic mass is 79.9. The minimum Gasteiger partial charge on any atom is -0.481 e. The molecule has 5 nitrogen and oxygen atoms in total. The molecular weight excluding hydrogens is 360 g/mol.